The van der Waals surface area contributed by atoms with E-state index >= 15 is 0 Å². The second-order valence-corrected chi connectivity index (χ2v) is 7.25. The van der Waals surface area contributed by atoms with Crippen LogP contribution in [0, 0.1) is 17.8 Å². The maximum absolute atomic E-state index is 11.2. The third-order valence-electron chi connectivity index (χ3n) is 6.03. The quantitative estimate of drug-likeness (QED) is 0.933. The molecule has 1 aromatic heterocycles. The molecule has 3 fully saturated rings. The van der Waals surface area contributed by atoms with E-state index in [1.165, 1.54) is 31.2 Å². The summed E-state index contributed by atoms with van der Waals surface area (Å²) in [5.41, 5.74) is 6.83. The largest absolute Gasteiger partial charge is 0.369 e. The van der Waals surface area contributed by atoms with Crippen molar-refractivity contribution < 1.29 is 4.79 Å². The molecule has 3 atom stereocenters. The summed E-state index contributed by atoms with van der Waals surface area (Å²) in [7, 11) is 0. The van der Waals surface area contributed by atoms with Gasteiger partial charge in [0.1, 0.15) is 5.82 Å². The van der Waals surface area contributed by atoms with Gasteiger partial charge in [-0.3, -0.25) is 4.79 Å². The summed E-state index contributed by atoms with van der Waals surface area (Å²) in [4.78, 5) is 18.2. The molecule has 118 valence electrons. The number of rotatable bonds is 3. The molecule has 4 heteroatoms. The monoisotopic (exact) mass is 299 g/mol. The lowest BCUT2D eigenvalue weighted by Gasteiger charge is -2.31. The lowest BCUT2D eigenvalue weighted by atomic mass is 9.96. The van der Waals surface area contributed by atoms with Crippen molar-refractivity contribution in [1.29, 1.82) is 0 Å². The van der Waals surface area contributed by atoms with Gasteiger partial charge in [0, 0.05) is 25.2 Å². The molecule has 1 unspecified atom stereocenters. The van der Waals surface area contributed by atoms with Gasteiger partial charge in [0.15, 0.2) is 0 Å². The molecule has 2 heterocycles. The predicted octanol–water partition coefficient (Wildman–Crippen LogP) is 2.69. The Morgan fingerprint density at radius 3 is 2.32 bits per heavy atom. The molecule has 3 aliphatic rings. The van der Waals surface area contributed by atoms with Crippen LogP contribution in [0.4, 0.5) is 5.82 Å². The fourth-order valence-electron chi connectivity index (χ4n) is 4.66. The Bertz CT molecular complexity index is 536. The fraction of sp³-hybridized carbons (Fsp3) is 0.667. The Morgan fingerprint density at radius 2 is 1.77 bits per heavy atom. The first-order chi connectivity index (χ1) is 10.7. The molecule has 2 saturated carbocycles. The van der Waals surface area contributed by atoms with E-state index in [1.54, 1.807) is 0 Å². The zero-order chi connectivity index (χ0) is 15.1. The van der Waals surface area contributed by atoms with Crippen molar-refractivity contribution in [2.45, 2.75) is 44.4 Å². The van der Waals surface area contributed by atoms with Crippen molar-refractivity contribution >= 4 is 11.7 Å². The summed E-state index contributed by atoms with van der Waals surface area (Å²) in [6, 6.07) is 4.45. The maximum atomic E-state index is 11.2. The number of amides is 1. The van der Waals surface area contributed by atoms with Gasteiger partial charge in [-0.2, -0.15) is 0 Å². The van der Waals surface area contributed by atoms with E-state index in [-0.39, 0.29) is 11.8 Å². The highest BCUT2D eigenvalue weighted by molar-refractivity contribution is 5.76. The molecule has 1 amide bonds. The van der Waals surface area contributed by atoms with Crippen LogP contribution in [0.25, 0.3) is 0 Å². The molecule has 2 N–H and O–H groups in total. The highest BCUT2D eigenvalue weighted by atomic mass is 16.1. The molecule has 1 saturated heterocycles. The average Bonchev–Trinajstić information content (AvgIpc) is 3.29. The third kappa shape index (κ3) is 2.49. The maximum Gasteiger partial charge on any atom is 0.220 e. The van der Waals surface area contributed by atoms with E-state index in [2.05, 4.69) is 23.2 Å². The van der Waals surface area contributed by atoms with Crippen LogP contribution in [0.2, 0.25) is 0 Å². The summed E-state index contributed by atoms with van der Waals surface area (Å²) in [5.74, 6) is 3.60. The van der Waals surface area contributed by atoms with Crippen LogP contribution in [-0.2, 0) is 4.79 Å². The van der Waals surface area contributed by atoms with E-state index in [1.807, 2.05) is 0 Å². The molecule has 22 heavy (non-hydrogen) atoms. The molecule has 0 aromatic carbocycles. The first kappa shape index (κ1) is 14.0. The SMILES string of the molecule is NC(=O)C1CCN(c2ccc(C3[C@H]4CCCC[C@@H]34)cn2)CC1. The van der Waals surface area contributed by atoms with Crippen LogP contribution in [0.3, 0.4) is 0 Å². The van der Waals surface area contributed by atoms with Crippen LogP contribution in [0.1, 0.15) is 50.0 Å². The fourth-order valence-corrected chi connectivity index (χ4v) is 4.66. The van der Waals surface area contributed by atoms with Crippen LogP contribution in [0.15, 0.2) is 18.3 Å². The van der Waals surface area contributed by atoms with Crippen LogP contribution in [-0.4, -0.2) is 24.0 Å². The highest BCUT2D eigenvalue weighted by Gasteiger charge is 2.51. The lowest BCUT2D eigenvalue weighted by molar-refractivity contribution is -0.122. The number of fused-ring (bicyclic) bond motifs is 1. The van der Waals surface area contributed by atoms with Crippen molar-refractivity contribution in [3.05, 3.63) is 23.9 Å². The molecule has 0 spiro atoms. The van der Waals surface area contributed by atoms with Crippen molar-refractivity contribution in [2.24, 2.45) is 23.5 Å². The molecule has 1 aromatic rings. The molecule has 0 bridgehead atoms. The van der Waals surface area contributed by atoms with Crippen molar-refractivity contribution in [3.63, 3.8) is 0 Å². The van der Waals surface area contributed by atoms with Gasteiger partial charge >= 0.3 is 0 Å². The van der Waals surface area contributed by atoms with E-state index in [9.17, 15) is 4.79 Å². The van der Waals surface area contributed by atoms with E-state index in [4.69, 9.17) is 10.7 Å². The Labute approximate surface area is 132 Å². The Kier molecular flexibility index (Phi) is 3.55. The summed E-state index contributed by atoms with van der Waals surface area (Å²) >= 11 is 0. The second-order valence-electron chi connectivity index (χ2n) is 7.25. The van der Waals surface area contributed by atoms with Crippen LogP contribution in [0.5, 0.6) is 0 Å². The topological polar surface area (TPSA) is 59.2 Å². The minimum Gasteiger partial charge on any atom is -0.369 e. The van der Waals surface area contributed by atoms with Gasteiger partial charge in [0.2, 0.25) is 5.91 Å². The molecule has 4 rings (SSSR count). The minimum atomic E-state index is -0.153. The predicted molar refractivity (Wildman–Crippen MR) is 86.6 cm³/mol. The Hall–Kier alpha value is -1.58. The number of anilines is 1. The number of primary amides is 1. The van der Waals surface area contributed by atoms with Gasteiger partial charge in [0.25, 0.3) is 0 Å². The van der Waals surface area contributed by atoms with Gasteiger partial charge in [-0.1, -0.05) is 18.9 Å². The number of carbonyl (C=O) groups is 1. The smallest absolute Gasteiger partial charge is 0.220 e. The zero-order valence-corrected chi connectivity index (χ0v) is 13.1. The second kappa shape index (κ2) is 5.56. The number of hydrogen-bond acceptors (Lipinski definition) is 3. The first-order valence-corrected chi connectivity index (χ1v) is 8.74. The van der Waals surface area contributed by atoms with E-state index in [0.29, 0.717) is 0 Å². The number of nitrogens with zero attached hydrogens (tertiary/aromatic N) is 2. The molecular formula is C18H25N3O. The molecule has 4 nitrogen and oxygen atoms in total. The van der Waals surface area contributed by atoms with Gasteiger partial charge in [-0.05, 0) is 55.1 Å². The van der Waals surface area contributed by atoms with Crippen molar-refractivity contribution in [2.75, 3.05) is 18.0 Å². The van der Waals surface area contributed by atoms with Gasteiger partial charge in [0.05, 0.1) is 0 Å². The minimum absolute atomic E-state index is 0.0464. The molecule has 0 radical (unpaired) electrons. The Balaban J connectivity index is 1.39. The Morgan fingerprint density at radius 1 is 1.09 bits per heavy atom. The zero-order valence-electron chi connectivity index (χ0n) is 13.1. The van der Waals surface area contributed by atoms with Gasteiger partial charge < -0.3 is 10.6 Å². The first-order valence-electron chi connectivity index (χ1n) is 8.74. The number of piperidine rings is 1. The summed E-state index contributed by atoms with van der Waals surface area (Å²) in [5, 5.41) is 0. The third-order valence-corrected chi connectivity index (χ3v) is 6.03. The highest BCUT2D eigenvalue weighted by Crippen LogP contribution is 2.61. The van der Waals surface area contributed by atoms with Gasteiger partial charge in [-0.15, -0.1) is 0 Å². The number of hydrogen-bond donors (Lipinski definition) is 1. The molecular weight excluding hydrogens is 274 g/mol. The summed E-state index contributed by atoms with van der Waals surface area (Å²) in [6.07, 6.45) is 9.46. The molecule has 1 aliphatic heterocycles. The van der Waals surface area contributed by atoms with Crippen LogP contribution < -0.4 is 10.6 Å². The normalized spacial score (nSPS) is 31.6. The summed E-state index contributed by atoms with van der Waals surface area (Å²) < 4.78 is 0. The molecule has 2 aliphatic carbocycles. The number of nitrogens with two attached hydrogens (primary N) is 1. The lowest BCUT2D eigenvalue weighted by Crippen LogP contribution is -2.38. The van der Waals surface area contributed by atoms with E-state index in [0.717, 1.165) is 49.5 Å². The number of pyridine rings is 1. The van der Waals surface area contributed by atoms with E-state index < -0.39 is 0 Å². The average molecular weight is 299 g/mol. The number of carbonyl (C=O) groups excluding carboxylic acids is 1. The van der Waals surface area contributed by atoms with Crippen molar-refractivity contribution in [3.8, 4) is 0 Å². The number of aromatic nitrogens is 1. The van der Waals surface area contributed by atoms with Gasteiger partial charge in [-0.25, -0.2) is 4.98 Å². The summed E-state index contributed by atoms with van der Waals surface area (Å²) in [6.45, 7) is 1.77. The van der Waals surface area contributed by atoms with Crippen molar-refractivity contribution in [1.82, 2.24) is 4.98 Å². The van der Waals surface area contributed by atoms with Crippen LogP contribution >= 0.6 is 0 Å². The standard InChI is InChI=1S/C18H25N3O/c19-18(22)12-7-9-21(10-8-12)16-6-5-13(11-20-16)17-14-3-1-2-4-15(14)17/h5-6,11-12,14-15,17H,1-4,7-10H2,(H2,19,22)/t14-,15+,17?.